The summed E-state index contributed by atoms with van der Waals surface area (Å²) < 4.78 is 13.2. The maximum Gasteiger partial charge on any atom is 0.303 e. The molecule has 1 aromatic heterocycles. The van der Waals surface area contributed by atoms with Gasteiger partial charge in [0.1, 0.15) is 11.4 Å². The third-order valence-electron chi connectivity index (χ3n) is 8.60. The summed E-state index contributed by atoms with van der Waals surface area (Å²) in [4.78, 5) is 31.6. The van der Waals surface area contributed by atoms with Crippen molar-refractivity contribution in [2.75, 3.05) is 19.7 Å². The standard InChI is InChI=1S/C30H32N2O5/c1-29(14-12-26(33)34)23-17-30(19-36-27(23)22-7-2-3-11-25(22)37-29)13-6-16-32(18-30)28(35)21-8-4-10-24-20(21)9-5-15-31-24/h2-5,7-11,15,23,27H,6,12-14,16-19H2,1H3,(H,33,34)/t23-,27+,29-,30-/m1/s1. The molecule has 3 aromatic rings. The minimum atomic E-state index is -0.828. The second-order valence-corrected chi connectivity index (χ2v) is 11.1. The molecule has 2 saturated heterocycles. The molecule has 3 aliphatic rings. The van der Waals surface area contributed by atoms with E-state index in [2.05, 4.69) is 4.98 Å². The number of piperidine rings is 1. The number of aromatic nitrogens is 1. The molecular formula is C30H32N2O5. The molecule has 7 nitrogen and oxygen atoms in total. The number of pyridine rings is 1. The molecule has 1 spiro atoms. The molecule has 2 aromatic carbocycles. The van der Waals surface area contributed by atoms with Gasteiger partial charge in [0, 0.05) is 53.6 Å². The highest BCUT2D eigenvalue weighted by Crippen LogP contribution is 2.56. The van der Waals surface area contributed by atoms with Crippen LogP contribution in [0.5, 0.6) is 5.75 Å². The van der Waals surface area contributed by atoms with E-state index in [9.17, 15) is 14.7 Å². The number of carbonyl (C=O) groups is 2. The van der Waals surface area contributed by atoms with Gasteiger partial charge in [-0.25, -0.2) is 0 Å². The van der Waals surface area contributed by atoms with E-state index < -0.39 is 11.6 Å². The van der Waals surface area contributed by atoms with Crippen molar-refractivity contribution >= 4 is 22.8 Å². The van der Waals surface area contributed by atoms with E-state index in [0.29, 0.717) is 31.7 Å². The van der Waals surface area contributed by atoms with Gasteiger partial charge in [-0.15, -0.1) is 0 Å². The van der Waals surface area contributed by atoms with Gasteiger partial charge < -0.3 is 19.5 Å². The summed E-state index contributed by atoms with van der Waals surface area (Å²) in [5.41, 5.74) is 1.66. The number of rotatable bonds is 4. The summed E-state index contributed by atoms with van der Waals surface area (Å²) >= 11 is 0. The van der Waals surface area contributed by atoms with Crippen LogP contribution < -0.4 is 4.74 Å². The highest BCUT2D eigenvalue weighted by Gasteiger charge is 2.55. The van der Waals surface area contributed by atoms with Gasteiger partial charge in [-0.3, -0.25) is 14.6 Å². The fourth-order valence-electron chi connectivity index (χ4n) is 6.71. The van der Waals surface area contributed by atoms with E-state index in [4.69, 9.17) is 9.47 Å². The number of carboxylic acid groups (broad SMARTS) is 1. The summed E-state index contributed by atoms with van der Waals surface area (Å²) in [5, 5.41) is 10.3. The number of carboxylic acids is 1. The number of nitrogens with zero attached hydrogens (tertiary/aromatic N) is 2. The molecule has 0 saturated carbocycles. The average Bonchev–Trinajstić information content (AvgIpc) is 2.91. The zero-order chi connectivity index (χ0) is 25.6. The third-order valence-corrected chi connectivity index (χ3v) is 8.60. The zero-order valence-electron chi connectivity index (χ0n) is 21.1. The van der Waals surface area contributed by atoms with Gasteiger partial charge in [0.2, 0.25) is 0 Å². The van der Waals surface area contributed by atoms with Gasteiger partial charge in [0.05, 0.1) is 18.2 Å². The van der Waals surface area contributed by atoms with Gasteiger partial charge in [-0.2, -0.15) is 0 Å². The SMILES string of the molecule is C[C@]1(CCC(=O)O)Oc2ccccc2[C@@H]2OC[C@]3(CCCN(C(=O)c4cccc5ncccc45)C3)C[C@H]21. The Balaban J connectivity index is 1.29. The summed E-state index contributed by atoms with van der Waals surface area (Å²) in [7, 11) is 0. The van der Waals surface area contributed by atoms with Gasteiger partial charge >= 0.3 is 5.97 Å². The number of amides is 1. The fraction of sp³-hybridized carbons (Fsp3) is 0.433. The molecule has 0 radical (unpaired) electrons. The largest absolute Gasteiger partial charge is 0.487 e. The maximum atomic E-state index is 13.8. The molecule has 0 aliphatic carbocycles. The predicted octanol–water partition coefficient (Wildman–Crippen LogP) is 5.25. The Morgan fingerprint density at radius 3 is 2.86 bits per heavy atom. The lowest BCUT2D eigenvalue weighted by atomic mass is 9.64. The van der Waals surface area contributed by atoms with Crippen molar-refractivity contribution < 1.29 is 24.2 Å². The smallest absolute Gasteiger partial charge is 0.303 e. The highest BCUT2D eigenvalue weighted by molar-refractivity contribution is 6.06. The van der Waals surface area contributed by atoms with Crippen LogP contribution in [0, 0.1) is 11.3 Å². The minimum absolute atomic E-state index is 0.00712. The minimum Gasteiger partial charge on any atom is -0.487 e. The first-order valence-electron chi connectivity index (χ1n) is 13.1. The van der Waals surface area contributed by atoms with Crippen molar-refractivity contribution in [3.63, 3.8) is 0 Å². The highest BCUT2D eigenvalue weighted by atomic mass is 16.5. The number of benzene rings is 2. The average molecular weight is 501 g/mol. The summed E-state index contributed by atoms with van der Waals surface area (Å²) in [6.07, 6.45) is 4.73. The molecule has 1 N–H and O–H groups in total. The van der Waals surface area contributed by atoms with Crippen LogP contribution >= 0.6 is 0 Å². The van der Waals surface area contributed by atoms with E-state index in [1.54, 1.807) is 6.20 Å². The number of likely N-dealkylation sites (tertiary alicyclic amines) is 1. The van der Waals surface area contributed by atoms with Crippen LogP contribution in [0.3, 0.4) is 0 Å². The van der Waals surface area contributed by atoms with E-state index in [0.717, 1.165) is 41.5 Å². The molecule has 2 fully saturated rings. The van der Waals surface area contributed by atoms with Gasteiger partial charge in [-0.05, 0) is 56.9 Å². The van der Waals surface area contributed by atoms with E-state index in [1.165, 1.54) is 0 Å². The summed E-state index contributed by atoms with van der Waals surface area (Å²) in [6, 6.07) is 17.4. The number of hydrogen-bond acceptors (Lipinski definition) is 5. The number of fused-ring (bicyclic) bond motifs is 4. The second-order valence-electron chi connectivity index (χ2n) is 11.1. The van der Waals surface area contributed by atoms with Crippen LogP contribution in [0.1, 0.15) is 61.1 Å². The zero-order valence-corrected chi connectivity index (χ0v) is 21.1. The third kappa shape index (κ3) is 4.25. The maximum absolute atomic E-state index is 13.8. The second kappa shape index (κ2) is 9.14. The topological polar surface area (TPSA) is 89.0 Å². The van der Waals surface area contributed by atoms with Crippen LogP contribution in [0.25, 0.3) is 10.9 Å². The molecular weight excluding hydrogens is 468 g/mol. The van der Waals surface area contributed by atoms with E-state index in [1.807, 2.05) is 66.4 Å². The van der Waals surface area contributed by atoms with E-state index in [-0.39, 0.29) is 29.8 Å². The summed E-state index contributed by atoms with van der Waals surface area (Å²) in [6.45, 7) is 3.92. The molecule has 192 valence electrons. The van der Waals surface area contributed by atoms with Crippen LogP contribution in [-0.2, 0) is 9.53 Å². The lowest BCUT2D eigenvalue weighted by Crippen LogP contribution is -2.57. The van der Waals surface area contributed by atoms with Crippen molar-refractivity contribution in [1.29, 1.82) is 0 Å². The lowest BCUT2D eigenvalue weighted by molar-refractivity contribution is -0.181. The number of carbonyl (C=O) groups excluding carboxylic acids is 1. The molecule has 7 heteroatoms. The van der Waals surface area contributed by atoms with Gasteiger partial charge in [0.25, 0.3) is 5.91 Å². The number of aliphatic carboxylic acids is 1. The molecule has 1 amide bonds. The van der Waals surface area contributed by atoms with Gasteiger partial charge in [-0.1, -0.05) is 30.3 Å². The normalized spacial score (nSPS) is 28.8. The first-order valence-corrected chi connectivity index (χ1v) is 13.1. The molecule has 0 bridgehead atoms. The number of para-hydroxylation sites is 1. The Bertz CT molecular complexity index is 1350. The Hall–Kier alpha value is -3.45. The van der Waals surface area contributed by atoms with Crippen molar-refractivity contribution in [2.24, 2.45) is 11.3 Å². The molecule has 3 aliphatic heterocycles. The van der Waals surface area contributed by atoms with Crippen LogP contribution in [0.4, 0.5) is 0 Å². The van der Waals surface area contributed by atoms with Crippen molar-refractivity contribution in [3.8, 4) is 5.75 Å². The van der Waals surface area contributed by atoms with Crippen molar-refractivity contribution in [1.82, 2.24) is 9.88 Å². The number of ether oxygens (including phenoxy) is 2. The van der Waals surface area contributed by atoms with E-state index >= 15 is 0 Å². The lowest BCUT2D eigenvalue weighted by Gasteiger charge is -2.55. The number of hydrogen-bond donors (Lipinski definition) is 1. The Morgan fingerprint density at radius 2 is 2.00 bits per heavy atom. The molecule has 4 atom stereocenters. The summed E-state index contributed by atoms with van der Waals surface area (Å²) in [5.74, 6) is -0.0331. The van der Waals surface area contributed by atoms with Crippen molar-refractivity contribution in [3.05, 3.63) is 71.9 Å². The Morgan fingerprint density at radius 1 is 1.14 bits per heavy atom. The predicted molar refractivity (Wildman–Crippen MR) is 138 cm³/mol. The quantitative estimate of drug-likeness (QED) is 0.526. The van der Waals surface area contributed by atoms with Crippen LogP contribution in [0.15, 0.2) is 60.8 Å². The van der Waals surface area contributed by atoms with Crippen LogP contribution in [-0.4, -0.2) is 52.2 Å². The molecule has 6 rings (SSSR count). The molecule has 37 heavy (non-hydrogen) atoms. The first kappa shape index (κ1) is 23.9. The van der Waals surface area contributed by atoms with Gasteiger partial charge in [0.15, 0.2) is 0 Å². The van der Waals surface area contributed by atoms with Crippen molar-refractivity contribution in [2.45, 2.75) is 50.7 Å². The Kier molecular flexibility index (Phi) is 5.91. The monoisotopic (exact) mass is 500 g/mol. The first-order chi connectivity index (χ1) is 17.9. The molecule has 0 unspecified atom stereocenters. The fourth-order valence-corrected chi connectivity index (χ4v) is 6.71. The van der Waals surface area contributed by atoms with Crippen LogP contribution in [0.2, 0.25) is 0 Å². The molecule has 4 heterocycles. The Labute approximate surface area is 216 Å².